The topological polar surface area (TPSA) is 37.3 Å². The maximum atomic E-state index is 13.5. The molecule has 0 heterocycles. The number of ketones is 1. The first kappa shape index (κ1) is 19.1. The minimum absolute atomic E-state index is 0.0990. The Bertz CT molecular complexity index is 802. The van der Waals surface area contributed by atoms with Crippen LogP contribution < -0.4 is 4.46 Å². The van der Waals surface area contributed by atoms with E-state index in [2.05, 4.69) is 50.3 Å². The monoisotopic (exact) mass is 444 g/mol. The molecule has 0 amide bonds. The molecule has 7 unspecified atom stereocenters. The van der Waals surface area contributed by atoms with Crippen molar-refractivity contribution in [1.82, 2.24) is 0 Å². The Hall–Kier alpha value is -0.891. The molecule has 3 fully saturated rings. The van der Waals surface area contributed by atoms with Gasteiger partial charge in [0, 0.05) is 0 Å². The van der Waals surface area contributed by atoms with Crippen LogP contribution in [0, 0.1) is 28.6 Å². The van der Waals surface area contributed by atoms with E-state index in [1.807, 2.05) is 0 Å². The van der Waals surface area contributed by atoms with Crippen molar-refractivity contribution in [3.63, 3.8) is 0 Å². The van der Waals surface area contributed by atoms with Crippen molar-refractivity contribution in [1.29, 1.82) is 0 Å². The zero-order valence-electron chi connectivity index (χ0n) is 17.1. The van der Waals surface area contributed by atoms with E-state index in [1.165, 1.54) is 16.5 Å². The number of carbonyl (C=O) groups is 1. The molecule has 3 heteroatoms. The Balaban J connectivity index is 1.42. The van der Waals surface area contributed by atoms with Gasteiger partial charge < -0.3 is 0 Å². The van der Waals surface area contributed by atoms with Gasteiger partial charge in [0.15, 0.2) is 0 Å². The molecule has 4 aliphatic rings. The van der Waals surface area contributed by atoms with Crippen LogP contribution in [-0.2, 0) is 4.79 Å². The average molecular weight is 443 g/mol. The number of allylic oxidation sites excluding steroid dienone is 1. The summed E-state index contributed by atoms with van der Waals surface area (Å²) in [4.78, 5) is 13.8. The van der Waals surface area contributed by atoms with Crippen LogP contribution in [0.3, 0.4) is 0 Å². The number of hydrogen-bond acceptors (Lipinski definition) is 2. The number of aliphatic hydroxyl groups excluding tert-OH is 1. The van der Waals surface area contributed by atoms with E-state index in [9.17, 15) is 9.90 Å². The summed E-state index contributed by atoms with van der Waals surface area (Å²) in [6, 6.07) is 10.7. The van der Waals surface area contributed by atoms with Gasteiger partial charge in [-0.05, 0) is 0 Å². The number of rotatable bonds is 2. The van der Waals surface area contributed by atoms with Crippen molar-refractivity contribution >= 4 is 25.2 Å². The van der Waals surface area contributed by atoms with E-state index < -0.39 is 0 Å². The Morgan fingerprint density at radius 1 is 1.04 bits per heavy atom. The summed E-state index contributed by atoms with van der Waals surface area (Å²) < 4.78 is 1.37. The molecule has 1 aromatic carbocycles. The second-order valence-electron chi connectivity index (χ2n) is 10.1. The molecule has 0 radical (unpaired) electrons. The third-order valence-corrected chi connectivity index (χ3v) is 11.4. The van der Waals surface area contributed by atoms with Crippen molar-refractivity contribution in [2.75, 3.05) is 0 Å². The first-order valence-corrected chi connectivity index (χ1v) is 12.9. The van der Waals surface area contributed by atoms with Gasteiger partial charge in [-0.25, -0.2) is 0 Å². The van der Waals surface area contributed by atoms with Crippen molar-refractivity contribution in [2.24, 2.45) is 28.6 Å². The molecule has 1 N–H and O–H groups in total. The van der Waals surface area contributed by atoms with E-state index in [1.54, 1.807) is 0 Å². The minimum atomic E-state index is -0.143. The van der Waals surface area contributed by atoms with Crippen LogP contribution in [0.25, 0.3) is 0 Å². The summed E-state index contributed by atoms with van der Waals surface area (Å²) in [5, 5.41) is 10.2. The molecule has 0 aromatic heterocycles. The van der Waals surface area contributed by atoms with Crippen molar-refractivity contribution < 1.29 is 9.90 Å². The predicted octanol–water partition coefficient (Wildman–Crippen LogP) is 4.31. The summed E-state index contributed by atoms with van der Waals surface area (Å²) in [7, 11) is 0. The van der Waals surface area contributed by atoms with E-state index in [-0.39, 0.29) is 36.7 Å². The van der Waals surface area contributed by atoms with E-state index in [4.69, 9.17) is 0 Å². The van der Waals surface area contributed by atoms with Crippen LogP contribution in [0.1, 0.15) is 58.8 Å². The number of aliphatic hydroxyl groups is 1. The SMILES string of the molecule is CC12CCC3C(CC=C4CC(O)CCC43C)C1CC([Se]c1ccccc1)C2=O. The number of hydrogen-bond donors (Lipinski definition) is 1. The Morgan fingerprint density at radius 2 is 1.79 bits per heavy atom. The van der Waals surface area contributed by atoms with E-state index in [0.717, 1.165) is 38.5 Å². The fourth-order valence-corrected chi connectivity index (χ4v) is 9.95. The molecule has 0 aliphatic heterocycles. The molecule has 5 rings (SSSR count). The predicted molar refractivity (Wildman–Crippen MR) is 114 cm³/mol. The van der Waals surface area contributed by atoms with E-state index in [0.29, 0.717) is 23.5 Å². The second-order valence-corrected chi connectivity index (χ2v) is 12.8. The zero-order valence-corrected chi connectivity index (χ0v) is 18.8. The summed E-state index contributed by atoms with van der Waals surface area (Å²) in [6.45, 7) is 4.76. The Morgan fingerprint density at radius 3 is 2.57 bits per heavy atom. The Labute approximate surface area is 175 Å². The molecule has 2 nitrogen and oxygen atoms in total. The number of fused-ring (bicyclic) bond motifs is 5. The third-order valence-electron chi connectivity index (χ3n) is 8.81. The van der Waals surface area contributed by atoms with Gasteiger partial charge in [-0.15, -0.1) is 0 Å². The van der Waals surface area contributed by atoms with Crippen molar-refractivity contribution in [2.45, 2.75) is 69.7 Å². The number of Topliss-reactive ketones (excluding diaryl/α,β-unsaturated/α-hetero) is 1. The fraction of sp³-hybridized carbons (Fsp3) is 0.640. The summed E-state index contributed by atoms with van der Waals surface area (Å²) in [5.74, 6) is 2.48. The third kappa shape index (κ3) is 2.81. The van der Waals surface area contributed by atoms with Gasteiger partial charge in [0.05, 0.1) is 0 Å². The summed E-state index contributed by atoms with van der Waals surface area (Å²) >= 11 is 0.253. The standard InChI is InChI=1S/C25H32O2Se/c1-24-12-10-17(26)14-16(24)8-9-19-20(24)11-13-25(2)21(19)15-22(23(25)27)28-18-6-4-3-5-7-18/h3-8,17,19-22,26H,9-15H2,1-2H3. The maximum absolute atomic E-state index is 13.5. The second kappa shape index (κ2) is 6.83. The van der Waals surface area contributed by atoms with Crippen LogP contribution in [-0.4, -0.2) is 32.0 Å². The first-order chi connectivity index (χ1) is 13.4. The van der Waals surface area contributed by atoms with Gasteiger partial charge in [-0.1, -0.05) is 0 Å². The van der Waals surface area contributed by atoms with Crippen LogP contribution in [0.4, 0.5) is 0 Å². The molecule has 0 spiro atoms. The molecular formula is C25H32O2Se. The molecule has 28 heavy (non-hydrogen) atoms. The van der Waals surface area contributed by atoms with E-state index >= 15 is 0 Å². The molecule has 1 aromatic rings. The Kier molecular flexibility index (Phi) is 4.65. The van der Waals surface area contributed by atoms with Crippen LogP contribution >= 0.6 is 0 Å². The van der Waals surface area contributed by atoms with Gasteiger partial charge in [-0.2, -0.15) is 0 Å². The molecular weight excluding hydrogens is 411 g/mol. The zero-order chi connectivity index (χ0) is 19.5. The van der Waals surface area contributed by atoms with Gasteiger partial charge >= 0.3 is 175 Å². The average Bonchev–Trinajstić information content (AvgIpc) is 2.94. The van der Waals surface area contributed by atoms with Crippen molar-refractivity contribution in [3.05, 3.63) is 42.0 Å². The number of carbonyl (C=O) groups excluding carboxylic acids is 1. The fourth-order valence-electron chi connectivity index (χ4n) is 7.17. The molecule has 150 valence electrons. The molecule has 4 aliphatic carbocycles. The first-order valence-electron chi connectivity index (χ1n) is 11.1. The molecule has 7 atom stereocenters. The van der Waals surface area contributed by atoms with Gasteiger partial charge in [-0.3, -0.25) is 0 Å². The molecule has 0 bridgehead atoms. The molecule has 3 saturated carbocycles. The number of benzene rings is 1. The summed E-state index contributed by atoms with van der Waals surface area (Å²) in [5.41, 5.74) is 1.68. The van der Waals surface area contributed by atoms with Gasteiger partial charge in [0.1, 0.15) is 0 Å². The normalized spacial score (nSPS) is 45.0. The van der Waals surface area contributed by atoms with Gasteiger partial charge in [0.25, 0.3) is 0 Å². The van der Waals surface area contributed by atoms with Crippen LogP contribution in [0.15, 0.2) is 42.0 Å². The summed E-state index contributed by atoms with van der Waals surface area (Å²) in [6.07, 6.45) is 9.76. The van der Waals surface area contributed by atoms with Gasteiger partial charge in [0.2, 0.25) is 0 Å². The quantitative estimate of drug-likeness (QED) is 0.547. The van der Waals surface area contributed by atoms with Crippen molar-refractivity contribution in [3.8, 4) is 0 Å². The van der Waals surface area contributed by atoms with Crippen LogP contribution in [0.2, 0.25) is 4.82 Å². The van der Waals surface area contributed by atoms with Crippen LogP contribution in [0.5, 0.6) is 0 Å². The molecule has 0 saturated heterocycles.